The van der Waals surface area contributed by atoms with Gasteiger partial charge in [-0.3, -0.25) is 4.79 Å². The van der Waals surface area contributed by atoms with E-state index in [4.69, 9.17) is 5.11 Å². The first-order valence-corrected chi connectivity index (χ1v) is 2.53. The largest absolute Gasteiger partial charge is 0.493 e. The van der Waals surface area contributed by atoms with E-state index in [1.54, 1.807) is 0 Å². The van der Waals surface area contributed by atoms with Crippen molar-refractivity contribution in [1.29, 1.82) is 0 Å². The van der Waals surface area contributed by atoms with Gasteiger partial charge in [0.25, 0.3) is 0 Å². The van der Waals surface area contributed by atoms with Crippen LogP contribution in [0.4, 0.5) is 4.39 Å². The first-order chi connectivity index (χ1) is 4.74. The minimum Gasteiger partial charge on any atom is -0.493 e. The van der Waals surface area contributed by atoms with Crippen LogP contribution in [0.5, 0.6) is 5.88 Å². The third kappa shape index (κ3) is 1.10. The van der Waals surface area contributed by atoms with E-state index < -0.39 is 11.7 Å². The molecular weight excluding hydrogens is 137 g/mol. The highest BCUT2D eigenvalue weighted by molar-refractivity contribution is 5.77. The molecule has 0 saturated heterocycles. The van der Waals surface area contributed by atoms with E-state index in [0.717, 1.165) is 12.3 Å². The van der Waals surface area contributed by atoms with E-state index in [1.165, 1.54) is 0 Å². The Morgan fingerprint density at radius 1 is 1.70 bits per heavy atom. The van der Waals surface area contributed by atoms with Gasteiger partial charge in [-0.15, -0.1) is 0 Å². The second-order valence-electron chi connectivity index (χ2n) is 1.68. The molecule has 4 heteroatoms. The van der Waals surface area contributed by atoms with Gasteiger partial charge in [-0.25, -0.2) is 9.37 Å². The Kier molecular flexibility index (Phi) is 1.62. The van der Waals surface area contributed by atoms with E-state index in [2.05, 4.69) is 4.98 Å². The molecular formula is C6H4FNO2. The fourth-order valence-corrected chi connectivity index (χ4v) is 0.534. The lowest BCUT2D eigenvalue weighted by Gasteiger charge is -1.92. The molecule has 0 aliphatic carbocycles. The van der Waals surface area contributed by atoms with Crippen LogP contribution in [0.3, 0.4) is 0 Å². The van der Waals surface area contributed by atoms with E-state index >= 15 is 0 Å². The van der Waals surface area contributed by atoms with Gasteiger partial charge in [-0.2, -0.15) is 0 Å². The normalized spacial score (nSPS) is 9.30. The highest BCUT2D eigenvalue weighted by atomic mass is 19.1. The number of aldehydes is 1. The molecule has 10 heavy (non-hydrogen) atoms. The van der Waals surface area contributed by atoms with Crippen molar-refractivity contribution in [1.82, 2.24) is 4.98 Å². The molecule has 3 nitrogen and oxygen atoms in total. The average Bonchev–Trinajstić information content (AvgIpc) is 1.94. The van der Waals surface area contributed by atoms with Crippen LogP contribution in [0.25, 0.3) is 0 Å². The molecule has 0 fully saturated rings. The van der Waals surface area contributed by atoms with Gasteiger partial charge in [-0.1, -0.05) is 0 Å². The fraction of sp³-hybridized carbons (Fsp3) is 0. The third-order valence-corrected chi connectivity index (χ3v) is 0.989. The number of carbonyl (C=O) groups is 1. The summed E-state index contributed by atoms with van der Waals surface area (Å²) < 4.78 is 12.2. The van der Waals surface area contributed by atoms with Crippen LogP contribution < -0.4 is 0 Å². The number of hydrogen-bond donors (Lipinski definition) is 1. The van der Waals surface area contributed by atoms with Crippen molar-refractivity contribution in [2.75, 3.05) is 0 Å². The Labute approximate surface area is 56.1 Å². The Morgan fingerprint density at radius 3 is 2.90 bits per heavy atom. The molecule has 0 aliphatic rings. The molecule has 0 spiro atoms. The van der Waals surface area contributed by atoms with Crippen LogP contribution in [0.15, 0.2) is 12.3 Å². The number of aromatic nitrogens is 1. The molecule has 1 aromatic heterocycles. The zero-order chi connectivity index (χ0) is 7.56. The summed E-state index contributed by atoms with van der Waals surface area (Å²) in [6.07, 6.45) is 1.17. The third-order valence-electron chi connectivity index (χ3n) is 0.989. The molecule has 0 radical (unpaired) electrons. The maximum absolute atomic E-state index is 12.2. The average molecular weight is 141 g/mol. The summed E-state index contributed by atoms with van der Waals surface area (Å²) in [5.74, 6) is -1.09. The molecule has 1 aromatic rings. The molecule has 1 rings (SSSR count). The summed E-state index contributed by atoms with van der Waals surface area (Å²) in [6.45, 7) is 0. The molecule has 0 aliphatic heterocycles. The van der Waals surface area contributed by atoms with Crippen molar-refractivity contribution in [3.8, 4) is 5.88 Å². The summed E-state index contributed by atoms with van der Waals surface area (Å²) in [7, 11) is 0. The van der Waals surface area contributed by atoms with Crippen LogP contribution >= 0.6 is 0 Å². The van der Waals surface area contributed by atoms with Gasteiger partial charge < -0.3 is 5.11 Å². The van der Waals surface area contributed by atoms with E-state index in [0.29, 0.717) is 6.29 Å². The van der Waals surface area contributed by atoms with Gasteiger partial charge in [0, 0.05) is 0 Å². The van der Waals surface area contributed by atoms with Crippen LogP contribution in [0.1, 0.15) is 10.4 Å². The lowest BCUT2D eigenvalue weighted by Crippen LogP contribution is -1.86. The van der Waals surface area contributed by atoms with Crippen molar-refractivity contribution < 1.29 is 14.3 Å². The molecule has 0 atom stereocenters. The quantitative estimate of drug-likeness (QED) is 0.587. The SMILES string of the molecule is O=Cc1cc(F)cnc1O. The lowest BCUT2D eigenvalue weighted by molar-refractivity contribution is 0.112. The smallest absolute Gasteiger partial charge is 0.221 e. The van der Waals surface area contributed by atoms with Gasteiger partial charge in [-0.05, 0) is 6.07 Å². The summed E-state index contributed by atoms with van der Waals surface area (Å²) >= 11 is 0. The monoisotopic (exact) mass is 141 g/mol. The van der Waals surface area contributed by atoms with E-state index in [9.17, 15) is 9.18 Å². The first-order valence-electron chi connectivity index (χ1n) is 2.53. The first kappa shape index (κ1) is 6.67. The Bertz CT molecular complexity index is 262. The van der Waals surface area contributed by atoms with Crippen LogP contribution in [-0.2, 0) is 0 Å². The summed E-state index contributed by atoms with van der Waals surface area (Å²) in [5, 5.41) is 8.73. The van der Waals surface area contributed by atoms with E-state index in [1.807, 2.05) is 0 Å². The van der Waals surface area contributed by atoms with Gasteiger partial charge in [0.2, 0.25) is 5.88 Å². The summed E-state index contributed by atoms with van der Waals surface area (Å²) in [6, 6.07) is 0.912. The summed E-state index contributed by atoms with van der Waals surface area (Å²) in [5.41, 5.74) is -0.139. The molecule has 0 amide bonds. The molecule has 0 aromatic carbocycles. The Hall–Kier alpha value is -1.45. The number of rotatable bonds is 1. The van der Waals surface area contributed by atoms with Crippen LogP contribution in [0, 0.1) is 5.82 Å². The van der Waals surface area contributed by atoms with Crippen LogP contribution in [0.2, 0.25) is 0 Å². The number of aromatic hydroxyl groups is 1. The Balaban J connectivity index is 3.21. The standard InChI is InChI=1S/C6H4FNO2/c7-5-1-4(3-9)6(10)8-2-5/h1-3H,(H,8,10). The highest BCUT2D eigenvalue weighted by Gasteiger charge is 2.00. The van der Waals surface area contributed by atoms with Gasteiger partial charge >= 0.3 is 0 Å². The zero-order valence-corrected chi connectivity index (χ0v) is 4.91. The zero-order valence-electron chi connectivity index (χ0n) is 4.91. The predicted molar refractivity (Wildman–Crippen MR) is 31.2 cm³/mol. The fourth-order valence-electron chi connectivity index (χ4n) is 0.534. The number of pyridine rings is 1. The maximum Gasteiger partial charge on any atom is 0.221 e. The predicted octanol–water partition coefficient (Wildman–Crippen LogP) is 0.739. The number of nitrogens with zero attached hydrogens (tertiary/aromatic N) is 1. The number of carbonyl (C=O) groups excluding carboxylic acids is 1. The molecule has 1 N–H and O–H groups in total. The molecule has 0 saturated carbocycles. The minimum atomic E-state index is -0.639. The van der Waals surface area contributed by atoms with Crippen molar-refractivity contribution in [2.24, 2.45) is 0 Å². The molecule has 0 bridgehead atoms. The topological polar surface area (TPSA) is 50.2 Å². The molecule has 1 heterocycles. The number of hydrogen-bond acceptors (Lipinski definition) is 3. The lowest BCUT2D eigenvalue weighted by atomic mass is 10.3. The van der Waals surface area contributed by atoms with Crippen LogP contribution in [-0.4, -0.2) is 16.4 Å². The van der Waals surface area contributed by atoms with Gasteiger partial charge in [0.15, 0.2) is 6.29 Å². The minimum absolute atomic E-state index is 0.139. The van der Waals surface area contributed by atoms with Crippen molar-refractivity contribution in [2.45, 2.75) is 0 Å². The van der Waals surface area contributed by atoms with Crippen molar-refractivity contribution >= 4 is 6.29 Å². The van der Waals surface area contributed by atoms with Crippen molar-refractivity contribution in [3.05, 3.63) is 23.6 Å². The highest BCUT2D eigenvalue weighted by Crippen LogP contribution is 2.10. The number of halogens is 1. The van der Waals surface area contributed by atoms with E-state index in [-0.39, 0.29) is 5.56 Å². The molecule has 0 unspecified atom stereocenters. The van der Waals surface area contributed by atoms with Crippen molar-refractivity contribution in [3.63, 3.8) is 0 Å². The second-order valence-corrected chi connectivity index (χ2v) is 1.68. The second kappa shape index (κ2) is 2.43. The Morgan fingerprint density at radius 2 is 2.40 bits per heavy atom. The maximum atomic E-state index is 12.2. The van der Waals surface area contributed by atoms with Gasteiger partial charge in [0.1, 0.15) is 5.82 Å². The summed E-state index contributed by atoms with van der Waals surface area (Å²) in [4.78, 5) is 13.2. The molecule has 52 valence electrons. The van der Waals surface area contributed by atoms with Gasteiger partial charge in [0.05, 0.1) is 11.8 Å².